The maximum atomic E-state index is 9.21. The number of phenols is 1. The molecule has 2 rings (SSSR count). The molecule has 60 valence electrons. The monoisotopic (exact) mass is 159 g/mol. The first kappa shape index (κ1) is 7.10. The Balaban J connectivity index is 2.78. The smallest absolute Gasteiger partial charge is 0.116 e. The quantitative estimate of drug-likeness (QED) is 0.583. The van der Waals surface area contributed by atoms with Gasteiger partial charge in [-0.3, -0.25) is 4.99 Å². The van der Waals surface area contributed by atoms with Crippen molar-refractivity contribution in [3.05, 3.63) is 28.6 Å². The van der Waals surface area contributed by atoms with Gasteiger partial charge < -0.3 is 5.11 Å². The van der Waals surface area contributed by atoms with Gasteiger partial charge in [0.2, 0.25) is 0 Å². The van der Waals surface area contributed by atoms with E-state index in [1.165, 1.54) is 0 Å². The number of aliphatic imine (C=N–C) groups is 1. The van der Waals surface area contributed by atoms with Crippen LogP contribution in [0.3, 0.4) is 0 Å². The number of benzene rings is 1. The van der Waals surface area contributed by atoms with Gasteiger partial charge >= 0.3 is 0 Å². The summed E-state index contributed by atoms with van der Waals surface area (Å²) in [6.45, 7) is 0. The van der Waals surface area contributed by atoms with Crippen molar-refractivity contribution in [2.24, 2.45) is 4.99 Å². The largest absolute Gasteiger partial charge is 0.508 e. The second-order valence-electron chi connectivity index (χ2n) is 2.71. The minimum Gasteiger partial charge on any atom is -0.508 e. The lowest BCUT2D eigenvalue weighted by Crippen LogP contribution is -2.22. The summed E-state index contributed by atoms with van der Waals surface area (Å²) in [7, 11) is 0. The molecule has 0 radical (unpaired) electrons. The zero-order valence-electron chi connectivity index (χ0n) is 6.57. The molecule has 0 aromatic heterocycles. The van der Waals surface area contributed by atoms with Crippen LogP contribution in [0.15, 0.2) is 23.2 Å². The molecule has 2 heteroatoms. The molecule has 0 saturated heterocycles. The molecule has 1 aromatic carbocycles. The van der Waals surface area contributed by atoms with E-state index < -0.39 is 0 Å². The van der Waals surface area contributed by atoms with Gasteiger partial charge in [-0.1, -0.05) is 6.08 Å². The highest BCUT2D eigenvalue weighted by atomic mass is 16.3. The number of aromatic hydroxyl groups is 1. The highest BCUT2D eigenvalue weighted by Crippen LogP contribution is 1.98. The Morgan fingerprint density at radius 1 is 1.25 bits per heavy atom. The van der Waals surface area contributed by atoms with Gasteiger partial charge in [-0.05, 0) is 28.6 Å². The molecule has 0 unspecified atom stereocenters. The van der Waals surface area contributed by atoms with E-state index in [4.69, 9.17) is 0 Å². The van der Waals surface area contributed by atoms with E-state index in [9.17, 15) is 5.11 Å². The predicted molar refractivity (Wildman–Crippen MR) is 49.4 cm³/mol. The van der Waals surface area contributed by atoms with Gasteiger partial charge in [-0.25, -0.2) is 0 Å². The molecular weight excluding hydrogens is 150 g/mol. The van der Waals surface area contributed by atoms with Gasteiger partial charge in [0.05, 0.1) is 0 Å². The van der Waals surface area contributed by atoms with E-state index in [1.54, 1.807) is 18.3 Å². The van der Waals surface area contributed by atoms with Crippen LogP contribution in [0.25, 0.3) is 12.3 Å². The fraction of sp³-hybridized carbons (Fsp3) is 0.100. The Labute approximate surface area is 70.2 Å². The third-order valence-corrected chi connectivity index (χ3v) is 1.83. The summed E-state index contributed by atoms with van der Waals surface area (Å²) in [5.74, 6) is 0.306. The zero-order valence-corrected chi connectivity index (χ0v) is 6.57. The van der Waals surface area contributed by atoms with Crippen molar-refractivity contribution in [1.82, 2.24) is 0 Å². The Morgan fingerprint density at radius 3 is 3.08 bits per heavy atom. The maximum absolute atomic E-state index is 9.21. The predicted octanol–water partition coefficient (Wildman–Crippen LogP) is 0.385. The molecule has 1 aliphatic heterocycles. The van der Waals surface area contributed by atoms with Crippen LogP contribution < -0.4 is 10.4 Å². The van der Waals surface area contributed by atoms with E-state index in [2.05, 4.69) is 4.99 Å². The third kappa shape index (κ3) is 1.23. The van der Waals surface area contributed by atoms with Crippen LogP contribution in [0.2, 0.25) is 0 Å². The van der Waals surface area contributed by atoms with Crippen molar-refractivity contribution < 1.29 is 5.11 Å². The van der Waals surface area contributed by atoms with Gasteiger partial charge in [0.15, 0.2) is 0 Å². The van der Waals surface area contributed by atoms with Gasteiger partial charge in [0.1, 0.15) is 5.75 Å². The van der Waals surface area contributed by atoms with Crippen molar-refractivity contribution in [2.45, 2.75) is 6.42 Å². The Hall–Kier alpha value is -1.57. The lowest BCUT2D eigenvalue weighted by molar-refractivity contribution is 0.474. The van der Waals surface area contributed by atoms with Crippen molar-refractivity contribution in [1.29, 1.82) is 0 Å². The minimum atomic E-state index is 0.306. The second kappa shape index (κ2) is 2.81. The highest BCUT2D eigenvalue weighted by molar-refractivity contribution is 5.69. The van der Waals surface area contributed by atoms with Crippen molar-refractivity contribution in [3.63, 3.8) is 0 Å². The molecule has 0 amide bonds. The van der Waals surface area contributed by atoms with Gasteiger partial charge in [-0.2, -0.15) is 0 Å². The van der Waals surface area contributed by atoms with E-state index in [1.807, 2.05) is 18.4 Å². The Kier molecular flexibility index (Phi) is 1.67. The van der Waals surface area contributed by atoms with E-state index in [-0.39, 0.29) is 0 Å². The topological polar surface area (TPSA) is 32.6 Å². The molecule has 1 N–H and O–H groups in total. The number of nitrogens with zero attached hydrogens (tertiary/aromatic N) is 1. The number of hydrogen-bond acceptors (Lipinski definition) is 2. The Morgan fingerprint density at radius 2 is 2.17 bits per heavy atom. The zero-order chi connectivity index (χ0) is 8.39. The van der Waals surface area contributed by atoms with Crippen LogP contribution in [0.1, 0.15) is 6.42 Å². The third-order valence-electron chi connectivity index (χ3n) is 1.83. The molecule has 2 nitrogen and oxygen atoms in total. The normalized spacial score (nSPS) is 14.0. The average Bonchev–Trinajstić information content (AvgIpc) is 2.28. The summed E-state index contributed by atoms with van der Waals surface area (Å²) >= 11 is 0. The Bertz CT molecular complexity index is 432. The summed E-state index contributed by atoms with van der Waals surface area (Å²) in [4.78, 5) is 4.08. The molecule has 1 aliphatic rings. The lowest BCUT2D eigenvalue weighted by Gasteiger charge is -1.90. The average molecular weight is 159 g/mol. The summed E-state index contributed by atoms with van der Waals surface area (Å²) in [6.07, 6.45) is 6.52. The molecule has 0 saturated carbocycles. The van der Waals surface area contributed by atoms with Crippen LogP contribution in [0.5, 0.6) is 5.75 Å². The van der Waals surface area contributed by atoms with Gasteiger partial charge in [0.25, 0.3) is 0 Å². The maximum Gasteiger partial charge on any atom is 0.116 e. The molecule has 0 atom stereocenters. The first-order valence-corrected chi connectivity index (χ1v) is 3.87. The van der Waals surface area contributed by atoms with Crippen molar-refractivity contribution >= 4 is 18.5 Å². The van der Waals surface area contributed by atoms with Crippen LogP contribution in [0, 0.1) is 0 Å². The van der Waals surface area contributed by atoms with Crippen LogP contribution in [-0.2, 0) is 0 Å². The highest BCUT2D eigenvalue weighted by Gasteiger charge is 1.90. The number of rotatable bonds is 0. The number of hydrogen-bond donors (Lipinski definition) is 1. The molecule has 1 heterocycles. The summed E-state index contributed by atoms with van der Waals surface area (Å²) in [6, 6.07) is 5.29. The number of fused-ring (bicyclic) bond motifs is 1. The standard InChI is InChI=1S/C10H9NO/c12-10-4-3-9-7-11-5-1-2-8(9)6-10/h2-7,12H,1H2. The SMILES string of the molecule is Oc1ccc2c(c1)=CCC=NC=2. The number of phenolic OH excluding ortho intramolecular Hbond substituents is 1. The van der Waals surface area contributed by atoms with Crippen LogP contribution >= 0.6 is 0 Å². The lowest BCUT2D eigenvalue weighted by atomic mass is 10.2. The fourth-order valence-corrected chi connectivity index (χ4v) is 1.23. The minimum absolute atomic E-state index is 0.306. The van der Waals surface area contributed by atoms with Crippen molar-refractivity contribution in [3.8, 4) is 5.75 Å². The summed E-state index contributed by atoms with van der Waals surface area (Å²) in [5.41, 5.74) is 0. The van der Waals surface area contributed by atoms with Gasteiger partial charge in [-0.15, -0.1) is 0 Å². The molecule has 0 fully saturated rings. The second-order valence-corrected chi connectivity index (χ2v) is 2.71. The fourth-order valence-electron chi connectivity index (χ4n) is 1.23. The summed E-state index contributed by atoms with van der Waals surface area (Å²) < 4.78 is 0. The molecule has 0 bridgehead atoms. The molecule has 0 spiro atoms. The molecule has 12 heavy (non-hydrogen) atoms. The molecule has 1 aromatic rings. The molecular formula is C10H9NO. The van der Waals surface area contributed by atoms with Gasteiger partial charge in [0, 0.05) is 18.8 Å². The van der Waals surface area contributed by atoms with Crippen LogP contribution in [0.4, 0.5) is 0 Å². The molecule has 0 aliphatic carbocycles. The first-order chi connectivity index (χ1) is 5.86. The first-order valence-electron chi connectivity index (χ1n) is 3.87. The van der Waals surface area contributed by atoms with E-state index >= 15 is 0 Å². The van der Waals surface area contributed by atoms with Crippen LogP contribution in [-0.4, -0.2) is 11.3 Å². The van der Waals surface area contributed by atoms with Crippen molar-refractivity contribution in [2.75, 3.05) is 0 Å². The summed E-state index contributed by atoms with van der Waals surface area (Å²) in [5, 5.41) is 11.3. The van der Waals surface area contributed by atoms with E-state index in [0.29, 0.717) is 5.75 Å². The van der Waals surface area contributed by atoms with E-state index in [0.717, 1.165) is 16.9 Å².